The van der Waals surface area contributed by atoms with Gasteiger partial charge in [-0.05, 0) is 30.2 Å². The van der Waals surface area contributed by atoms with Gasteiger partial charge in [0.15, 0.2) is 12.6 Å². The second-order valence-electron chi connectivity index (χ2n) is 6.15. The van der Waals surface area contributed by atoms with Crippen molar-refractivity contribution in [2.45, 2.75) is 30.3 Å². The van der Waals surface area contributed by atoms with Gasteiger partial charge in [0.1, 0.15) is 11.5 Å². The molecule has 0 bridgehead atoms. The molecule has 0 aromatic heterocycles. The van der Waals surface area contributed by atoms with Gasteiger partial charge in [-0.2, -0.15) is 0 Å². The Hall–Kier alpha value is -1.29. The molecule has 0 amide bonds. The number of thiol groups is 1. The largest absolute Gasteiger partial charge is 0.508 e. The standard InChI is InChI=1S/C11H14O3.C6H6OS.C4H7BrO2/c12-10-4-2-1-3-9(10)5-6-11-13-7-8-14-11;7-5-3-1-2-4-6(5)8;5-3-4-6-1-2-7-4/h1-4,11-12H,5-8H2;1-4,7-8H;4H,1-3H2. The normalized spacial score (nSPS) is 16.6. The molecule has 0 aliphatic carbocycles. The van der Waals surface area contributed by atoms with E-state index in [0.29, 0.717) is 23.9 Å². The summed E-state index contributed by atoms with van der Waals surface area (Å²) in [6.07, 6.45) is 1.52. The first kappa shape index (κ1) is 24.0. The van der Waals surface area contributed by atoms with Crippen molar-refractivity contribution in [2.75, 3.05) is 31.8 Å². The molecule has 2 aliphatic heterocycles. The molecular formula is C21H27BrO6S. The number of ether oxygens (including phenoxy) is 4. The molecule has 0 saturated carbocycles. The number of para-hydroxylation sites is 2. The first-order chi connectivity index (χ1) is 14.1. The Morgan fingerprint density at radius 2 is 1.31 bits per heavy atom. The second-order valence-corrected chi connectivity index (χ2v) is 7.28. The number of hydrogen-bond donors (Lipinski definition) is 3. The van der Waals surface area contributed by atoms with Crippen LogP contribution in [-0.4, -0.2) is 54.6 Å². The number of phenolic OH excluding ortho intramolecular Hbond substituents is 2. The van der Waals surface area contributed by atoms with E-state index in [9.17, 15) is 5.11 Å². The number of alkyl halides is 1. The molecule has 2 aromatic carbocycles. The van der Waals surface area contributed by atoms with Gasteiger partial charge in [-0.3, -0.25) is 0 Å². The lowest BCUT2D eigenvalue weighted by molar-refractivity contribution is -0.0462. The zero-order chi connectivity index (χ0) is 20.9. The lowest BCUT2D eigenvalue weighted by atomic mass is 10.1. The third-order valence-corrected chi connectivity index (χ3v) is 4.94. The van der Waals surface area contributed by atoms with E-state index in [1.54, 1.807) is 24.3 Å². The van der Waals surface area contributed by atoms with Gasteiger partial charge in [-0.1, -0.05) is 46.3 Å². The number of benzene rings is 2. The number of aromatic hydroxyl groups is 2. The summed E-state index contributed by atoms with van der Waals surface area (Å²) in [7, 11) is 0. The van der Waals surface area contributed by atoms with Crippen molar-refractivity contribution in [3.8, 4) is 11.5 Å². The van der Waals surface area contributed by atoms with E-state index in [1.165, 1.54) is 0 Å². The van der Waals surface area contributed by atoms with Crippen LogP contribution in [0.2, 0.25) is 0 Å². The summed E-state index contributed by atoms with van der Waals surface area (Å²) in [6.45, 7) is 2.86. The molecule has 0 spiro atoms. The minimum absolute atomic E-state index is 0.0139. The molecule has 2 saturated heterocycles. The number of phenols is 2. The quantitative estimate of drug-likeness (QED) is 0.445. The Labute approximate surface area is 185 Å². The van der Waals surface area contributed by atoms with Gasteiger partial charge in [0.25, 0.3) is 0 Å². The fraction of sp³-hybridized carbons (Fsp3) is 0.429. The van der Waals surface area contributed by atoms with Crippen LogP contribution in [0.15, 0.2) is 53.4 Å². The van der Waals surface area contributed by atoms with Gasteiger partial charge in [-0.25, -0.2) is 0 Å². The number of hydrogen-bond acceptors (Lipinski definition) is 7. The van der Waals surface area contributed by atoms with Gasteiger partial charge in [0.05, 0.1) is 31.8 Å². The highest BCUT2D eigenvalue weighted by atomic mass is 79.9. The number of aryl methyl sites for hydroxylation is 1. The van der Waals surface area contributed by atoms with Gasteiger partial charge in [0.2, 0.25) is 0 Å². The Kier molecular flexibility index (Phi) is 11.5. The van der Waals surface area contributed by atoms with Crippen LogP contribution in [0.4, 0.5) is 0 Å². The van der Waals surface area contributed by atoms with Crippen LogP contribution in [0.5, 0.6) is 11.5 Å². The molecule has 8 heteroatoms. The van der Waals surface area contributed by atoms with E-state index in [2.05, 4.69) is 28.6 Å². The Morgan fingerprint density at radius 1 is 0.793 bits per heavy atom. The summed E-state index contributed by atoms with van der Waals surface area (Å²) in [5.41, 5.74) is 0.951. The summed E-state index contributed by atoms with van der Waals surface area (Å²) in [5, 5.41) is 19.1. The van der Waals surface area contributed by atoms with Crippen LogP contribution in [0.3, 0.4) is 0 Å². The molecular weight excluding hydrogens is 460 g/mol. The van der Waals surface area contributed by atoms with E-state index >= 15 is 0 Å². The highest BCUT2D eigenvalue weighted by Gasteiger charge is 2.16. The lowest BCUT2D eigenvalue weighted by Gasteiger charge is -2.09. The maximum atomic E-state index is 9.50. The third kappa shape index (κ3) is 9.37. The second kappa shape index (κ2) is 13.8. The lowest BCUT2D eigenvalue weighted by Crippen LogP contribution is -2.08. The summed E-state index contributed by atoms with van der Waals surface area (Å²) in [4.78, 5) is 0.618. The number of halogens is 1. The van der Waals surface area contributed by atoms with E-state index in [4.69, 9.17) is 24.1 Å². The first-order valence-corrected chi connectivity index (χ1v) is 10.9. The van der Waals surface area contributed by atoms with E-state index in [1.807, 2.05) is 24.3 Å². The molecule has 0 atom stereocenters. The highest BCUT2D eigenvalue weighted by molar-refractivity contribution is 9.09. The minimum atomic E-state index is -0.0883. The summed E-state index contributed by atoms with van der Waals surface area (Å²) >= 11 is 7.17. The molecule has 0 radical (unpaired) electrons. The molecule has 2 aliphatic rings. The predicted octanol–water partition coefficient (Wildman–Crippen LogP) is 4.13. The van der Waals surface area contributed by atoms with Crippen molar-refractivity contribution in [3.05, 3.63) is 54.1 Å². The zero-order valence-corrected chi connectivity index (χ0v) is 18.6. The molecule has 6 nitrogen and oxygen atoms in total. The van der Waals surface area contributed by atoms with Crippen LogP contribution in [0.25, 0.3) is 0 Å². The molecule has 160 valence electrons. The smallest absolute Gasteiger partial charge is 0.167 e. The van der Waals surface area contributed by atoms with Crippen molar-refractivity contribution in [1.82, 2.24) is 0 Å². The van der Waals surface area contributed by atoms with Crippen molar-refractivity contribution < 1.29 is 29.2 Å². The monoisotopic (exact) mass is 486 g/mol. The van der Waals surface area contributed by atoms with E-state index in [-0.39, 0.29) is 18.3 Å². The maximum absolute atomic E-state index is 9.50. The highest BCUT2D eigenvalue weighted by Crippen LogP contribution is 2.20. The van der Waals surface area contributed by atoms with Crippen LogP contribution in [0, 0.1) is 0 Å². The van der Waals surface area contributed by atoms with Crippen molar-refractivity contribution in [1.29, 1.82) is 0 Å². The van der Waals surface area contributed by atoms with Crippen molar-refractivity contribution in [2.24, 2.45) is 0 Å². The molecule has 4 rings (SSSR count). The maximum Gasteiger partial charge on any atom is 0.167 e. The van der Waals surface area contributed by atoms with Gasteiger partial charge in [0, 0.05) is 11.3 Å². The predicted molar refractivity (Wildman–Crippen MR) is 117 cm³/mol. The van der Waals surface area contributed by atoms with Crippen LogP contribution >= 0.6 is 28.6 Å². The van der Waals surface area contributed by atoms with Crippen molar-refractivity contribution in [3.63, 3.8) is 0 Å². The Balaban J connectivity index is 0.000000170. The Bertz CT molecular complexity index is 684. The van der Waals surface area contributed by atoms with Gasteiger partial charge < -0.3 is 29.2 Å². The van der Waals surface area contributed by atoms with E-state index in [0.717, 1.165) is 36.9 Å². The van der Waals surface area contributed by atoms with Crippen LogP contribution in [0.1, 0.15) is 12.0 Å². The summed E-state index contributed by atoms with van der Waals surface area (Å²) < 4.78 is 20.7. The average Bonchev–Trinajstić information content (AvgIpc) is 3.45. The fourth-order valence-corrected chi connectivity index (χ4v) is 3.06. The van der Waals surface area contributed by atoms with Gasteiger partial charge in [-0.15, -0.1) is 12.6 Å². The number of rotatable bonds is 4. The summed E-state index contributed by atoms with van der Waals surface area (Å²) in [6, 6.07) is 14.3. The SMILES string of the molecule is BrCC1OCCO1.Oc1ccccc1CCC1OCCO1.Oc1ccccc1S. The fourth-order valence-electron chi connectivity index (χ4n) is 2.53. The topological polar surface area (TPSA) is 77.4 Å². The first-order valence-electron chi connectivity index (χ1n) is 9.36. The molecule has 2 fully saturated rings. The van der Waals surface area contributed by atoms with Crippen LogP contribution in [-0.2, 0) is 25.4 Å². The molecule has 2 N–H and O–H groups in total. The summed E-state index contributed by atoms with van der Waals surface area (Å²) in [5.74, 6) is 0.585. The third-order valence-electron chi connectivity index (χ3n) is 4.03. The van der Waals surface area contributed by atoms with Crippen molar-refractivity contribution >= 4 is 28.6 Å². The molecule has 2 aromatic rings. The van der Waals surface area contributed by atoms with Gasteiger partial charge >= 0.3 is 0 Å². The average molecular weight is 487 g/mol. The Morgan fingerprint density at radius 3 is 1.76 bits per heavy atom. The molecule has 0 unspecified atom stereocenters. The minimum Gasteiger partial charge on any atom is -0.508 e. The molecule has 29 heavy (non-hydrogen) atoms. The van der Waals surface area contributed by atoms with Crippen LogP contribution < -0.4 is 0 Å². The molecule has 2 heterocycles. The zero-order valence-electron chi connectivity index (χ0n) is 16.1. The van der Waals surface area contributed by atoms with E-state index < -0.39 is 0 Å².